The van der Waals surface area contributed by atoms with E-state index in [1.165, 1.54) is 0 Å². The minimum Gasteiger partial charge on any atom is -0.353 e. The highest BCUT2D eigenvalue weighted by molar-refractivity contribution is 6.67. The fourth-order valence-corrected chi connectivity index (χ4v) is 1.39. The first-order chi connectivity index (χ1) is 5.71. The molecule has 0 aromatic carbocycles. The molecule has 0 bridgehead atoms. The van der Waals surface area contributed by atoms with Crippen molar-refractivity contribution in [1.82, 2.24) is 0 Å². The molecule has 0 unspecified atom stereocenters. The van der Waals surface area contributed by atoms with E-state index in [1.54, 1.807) is 0 Å². The predicted molar refractivity (Wildman–Crippen MR) is 56.4 cm³/mol. The summed E-state index contributed by atoms with van der Waals surface area (Å²) in [6.45, 7) is 0. The molecule has 0 rings (SSSR count). The molecular weight excluding hydrogens is 258 g/mol. The van der Waals surface area contributed by atoms with E-state index < -0.39 is 9.04 Å². The summed E-state index contributed by atoms with van der Waals surface area (Å²) in [6.07, 6.45) is 2.66. The first-order valence-electron chi connectivity index (χ1n) is 3.91. The molecule has 0 amide bonds. The quantitative estimate of drug-likeness (QED) is 0.457. The first kappa shape index (κ1) is 14.1. The van der Waals surface area contributed by atoms with E-state index in [0.29, 0.717) is 12.8 Å². The van der Waals surface area contributed by atoms with E-state index in [1.807, 2.05) is 0 Å². The number of aliphatic hydroxyl groups is 2. The van der Waals surface area contributed by atoms with Gasteiger partial charge in [0.05, 0.1) is 0 Å². The maximum absolute atomic E-state index is 8.72. The van der Waals surface area contributed by atoms with Crippen molar-refractivity contribution in [3.63, 3.8) is 0 Å². The number of hydrogen-bond donors (Lipinski definition) is 2. The monoisotopic (exact) mass is 268 g/mol. The molecule has 80 valence electrons. The smallest absolute Gasteiger partial charge is 0.243 e. The molecule has 0 spiro atoms. The molecule has 2 nitrogen and oxygen atoms in total. The molecule has 0 atom stereocenters. The average Bonchev–Trinajstić information content (AvgIpc) is 1.81. The van der Waals surface area contributed by atoms with E-state index in [4.69, 9.17) is 56.6 Å². The summed E-state index contributed by atoms with van der Waals surface area (Å²) in [6, 6.07) is 0. The Morgan fingerprint density at radius 1 is 0.769 bits per heavy atom. The van der Waals surface area contributed by atoms with Crippen LogP contribution in [0, 0.1) is 0 Å². The Morgan fingerprint density at radius 3 is 1.62 bits per heavy atom. The molecule has 13 heavy (non-hydrogen) atoms. The van der Waals surface area contributed by atoms with E-state index in [0.717, 1.165) is 12.8 Å². The molecule has 0 radical (unpaired) electrons. The molecule has 0 aromatic rings. The highest BCUT2D eigenvalue weighted by Crippen LogP contribution is 2.32. The summed E-state index contributed by atoms with van der Waals surface area (Å²) in [7, 11) is 0. The second-order valence-electron chi connectivity index (χ2n) is 2.89. The summed E-state index contributed by atoms with van der Waals surface area (Å²) >= 11 is 21.7. The molecule has 6 heteroatoms. The molecule has 0 saturated carbocycles. The van der Waals surface area contributed by atoms with E-state index in [2.05, 4.69) is 0 Å². The SMILES string of the molecule is OC(O)(Cl)CCCCCC(Cl)(Cl)Cl. The molecule has 0 fully saturated rings. The van der Waals surface area contributed by atoms with Gasteiger partial charge in [0, 0.05) is 6.42 Å². The standard InChI is InChI=1S/C7H12Cl4O2/c8-6(9,10)4-2-1-3-5-7(11,12)13/h12-13H,1-5H2. The van der Waals surface area contributed by atoms with Gasteiger partial charge in [0.25, 0.3) is 0 Å². The van der Waals surface area contributed by atoms with Gasteiger partial charge in [-0.25, -0.2) is 0 Å². The largest absolute Gasteiger partial charge is 0.353 e. The Morgan fingerprint density at radius 2 is 1.23 bits per heavy atom. The first-order valence-corrected chi connectivity index (χ1v) is 5.42. The molecule has 0 saturated heterocycles. The number of hydrogen-bond acceptors (Lipinski definition) is 2. The van der Waals surface area contributed by atoms with Gasteiger partial charge in [-0.3, -0.25) is 0 Å². The van der Waals surface area contributed by atoms with Crippen molar-refractivity contribution >= 4 is 46.4 Å². The summed E-state index contributed by atoms with van der Waals surface area (Å²) < 4.78 is -1.21. The minimum atomic E-state index is -2.10. The third-order valence-electron chi connectivity index (χ3n) is 1.46. The van der Waals surface area contributed by atoms with Crippen molar-refractivity contribution in [1.29, 1.82) is 0 Å². The molecule has 0 aliphatic rings. The molecule has 0 aromatic heterocycles. The van der Waals surface area contributed by atoms with Crippen molar-refractivity contribution < 1.29 is 10.2 Å². The van der Waals surface area contributed by atoms with Crippen LogP contribution in [0.2, 0.25) is 0 Å². The van der Waals surface area contributed by atoms with Crippen LogP contribution in [0.5, 0.6) is 0 Å². The number of unbranched alkanes of at least 4 members (excludes halogenated alkanes) is 2. The lowest BCUT2D eigenvalue weighted by Crippen LogP contribution is -2.18. The second kappa shape index (κ2) is 5.84. The number of rotatable bonds is 5. The van der Waals surface area contributed by atoms with Crippen LogP contribution in [0.15, 0.2) is 0 Å². The Hall–Kier alpha value is 1.08. The van der Waals surface area contributed by atoms with E-state index >= 15 is 0 Å². The van der Waals surface area contributed by atoms with Gasteiger partial charge in [-0.2, -0.15) is 0 Å². The summed E-state index contributed by atoms with van der Waals surface area (Å²) in [5.74, 6) is 0. The highest BCUT2D eigenvalue weighted by Gasteiger charge is 2.20. The Balaban J connectivity index is 3.28. The summed E-state index contributed by atoms with van der Waals surface area (Å²) in [4.78, 5) is 0. The number of halogens is 4. The van der Waals surface area contributed by atoms with Crippen LogP contribution in [-0.2, 0) is 0 Å². The Bertz CT molecular complexity index is 122. The van der Waals surface area contributed by atoms with Gasteiger partial charge >= 0.3 is 0 Å². The van der Waals surface area contributed by atoms with Crippen LogP contribution in [0.25, 0.3) is 0 Å². The molecule has 2 N–H and O–H groups in total. The third-order valence-corrected chi connectivity index (χ3v) is 2.21. The van der Waals surface area contributed by atoms with Crippen LogP contribution in [0.1, 0.15) is 32.1 Å². The fraction of sp³-hybridized carbons (Fsp3) is 1.00. The average molecular weight is 270 g/mol. The highest BCUT2D eigenvalue weighted by atomic mass is 35.6. The van der Waals surface area contributed by atoms with Crippen molar-refractivity contribution in [2.24, 2.45) is 0 Å². The lowest BCUT2D eigenvalue weighted by atomic mass is 10.1. The maximum Gasteiger partial charge on any atom is 0.243 e. The van der Waals surface area contributed by atoms with Gasteiger partial charge in [-0.05, 0) is 19.3 Å². The zero-order chi connectivity index (χ0) is 10.5. The lowest BCUT2D eigenvalue weighted by Gasteiger charge is -2.13. The van der Waals surface area contributed by atoms with Crippen LogP contribution in [0.3, 0.4) is 0 Å². The van der Waals surface area contributed by atoms with Crippen LogP contribution >= 0.6 is 46.4 Å². The van der Waals surface area contributed by atoms with Crippen LogP contribution < -0.4 is 0 Å². The zero-order valence-electron chi connectivity index (χ0n) is 6.94. The van der Waals surface area contributed by atoms with Gasteiger partial charge in [0.15, 0.2) is 3.79 Å². The summed E-state index contributed by atoms with van der Waals surface area (Å²) in [5, 5.41) is 15.3. The number of alkyl halides is 4. The van der Waals surface area contributed by atoms with Crippen molar-refractivity contribution in [2.75, 3.05) is 0 Å². The van der Waals surface area contributed by atoms with Crippen molar-refractivity contribution in [2.45, 2.75) is 41.1 Å². The summed E-state index contributed by atoms with van der Waals surface area (Å²) in [5.41, 5.74) is 0. The molecule has 0 aliphatic heterocycles. The van der Waals surface area contributed by atoms with Crippen molar-refractivity contribution in [3.8, 4) is 0 Å². The van der Waals surface area contributed by atoms with E-state index in [-0.39, 0.29) is 6.42 Å². The van der Waals surface area contributed by atoms with Crippen LogP contribution in [0.4, 0.5) is 0 Å². The normalized spacial score (nSPS) is 13.4. The van der Waals surface area contributed by atoms with Crippen molar-refractivity contribution in [3.05, 3.63) is 0 Å². The maximum atomic E-state index is 8.72. The predicted octanol–water partition coefficient (Wildman–Crippen LogP) is 3.18. The topological polar surface area (TPSA) is 40.5 Å². The van der Waals surface area contributed by atoms with Crippen LogP contribution in [-0.4, -0.2) is 19.3 Å². The zero-order valence-corrected chi connectivity index (χ0v) is 9.97. The molecule has 0 aliphatic carbocycles. The molecule has 0 heterocycles. The minimum absolute atomic E-state index is 0.119. The fourth-order valence-electron chi connectivity index (χ4n) is 0.852. The lowest BCUT2D eigenvalue weighted by molar-refractivity contribution is -0.0906. The van der Waals surface area contributed by atoms with E-state index in [9.17, 15) is 0 Å². The van der Waals surface area contributed by atoms with Gasteiger partial charge in [-0.15, -0.1) is 0 Å². The van der Waals surface area contributed by atoms with Gasteiger partial charge in [0.2, 0.25) is 5.25 Å². The Kier molecular flexibility index (Phi) is 6.32. The third kappa shape index (κ3) is 13.1. The second-order valence-corrected chi connectivity index (χ2v) is 6.02. The van der Waals surface area contributed by atoms with Gasteiger partial charge in [0.1, 0.15) is 0 Å². The molecular formula is C7H12Cl4O2. The van der Waals surface area contributed by atoms with Gasteiger partial charge in [-0.1, -0.05) is 52.8 Å². The Labute approximate surface area is 97.7 Å². The van der Waals surface area contributed by atoms with Gasteiger partial charge < -0.3 is 10.2 Å².